The highest BCUT2D eigenvalue weighted by atomic mass is 16.3. The molecule has 0 aromatic heterocycles. The van der Waals surface area contributed by atoms with Crippen LogP contribution in [0.25, 0.3) is 0 Å². The zero-order valence-electron chi connectivity index (χ0n) is 17.1. The molecule has 25 heavy (non-hydrogen) atoms. The van der Waals surface area contributed by atoms with Gasteiger partial charge in [0.25, 0.3) is 0 Å². The van der Waals surface area contributed by atoms with Crippen molar-refractivity contribution in [1.29, 1.82) is 0 Å². The van der Waals surface area contributed by atoms with Gasteiger partial charge in [-0.2, -0.15) is 0 Å². The Kier molecular flexibility index (Phi) is 52.2. The summed E-state index contributed by atoms with van der Waals surface area (Å²) in [6.07, 6.45) is 2.50. The first-order chi connectivity index (χ1) is 11.6. The lowest BCUT2D eigenvalue weighted by Crippen LogP contribution is -1.56. The molecular formula is C23H44O2. The minimum Gasteiger partial charge on any atom is -0.508 e. The highest BCUT2D eigenvalue weighted by Crippen LogP contribution is 2.03. The second kappa shape index (κ2) is 37.9. The molecule has 0 saturated heterocycles. The summed E-state index contributed by atoms with van der Waals surface area (Å²) >= 11 is 0. The van der Waals surface area contributed by atoms with Crippen LogP contribution >= 0.6 is 0 Å². The molecule has 0 bridgehead atoms. The second-order valence-electron chi connectivity index (χ2n) is 4.09. The lowest BCUT2D eigenvalue weighted by atomic mass is 10.3. The summed E-state index contributed by atoms with van der Waals surface area (Å²) in [4.78, 5) is 0. The summed E-state index contributed by atoms with van der Waals surface area (Å²) < 4.78 is 0. The first-order valence-corrected chi connectivity index (χ1v) is 9.10. The van der Waals surface area contributed by atoms with Gasteiger partial charge >= 0.3 is 0 Å². The third-order valence-electron chi connectivity index (χ3n) is 1.51. The van der Waals surface area contributed by atoms with Crippen molar-refractivity contribution < 1.29 is 10.2 Å². The lowest BCUT2D eigenvalue weighted by molar-refractivity contribution is 0.475. The van der Waals surface area contributed by atoms with E-state index in [0.29, 0.717) is 11.5 Å². The molecule has 0 saturated carbocycles. The van der Waals surface area contributed by atoms with Crippen molar-refractivity contribution in [2.24, 2.45) is 0 Å². The number of hydrogen-bond donors (Lipinski definition) is 2. The molecule has 0 amide bonds. The molecule has 0 aliphatic carbocycles. The Morgan fingerprint density at radius 1 is 0.520 bits per heavy atom. The molecule has 0 fully saturated rings. The van der Waals surface area contributed by atoms with Crippen molar-refractivity contribution in [3.05, 3.63) is 60.7 Å². The topological polar surface area (TPSA) is 40.5 Å². The molecule has 2 heteroatoms. The van der Waals surface area contributed by atoms with E-state index >= 15 is 0 Å². The zero-order valence-corrected chi connectivity index (χ0v) is 17.1. The molecule has 0 radical (unpaired) electrons. The third kappa shape index (κ3) is 44.9. The van der Waals surface area contributed by atoms with Gasteiger partial charge in [-0.15, -0.1) is 0 Å². The number of hydrogen-bond acceptors (Lipinski definition) is 2. The second-order valence-corrected chi connectivity index (χ2v) is 4.09. The van der Waals surface area contributed by atoms with Crippen LogP contribution in [0.1, 0.15) is 75.7 Å². The highest BCUT2D eigenvalue weighted by molar-refractivity contribution is 5.19. The number of benzene rings is 2. The van der Waals surface area contributed by atoms with E-state index in [2.05, 4.69) is 27.7 Å². The Balaban J connectivity index is -0.0000000698. The highest BCUT2D eigenvalue weighted by Gasteiger charge is 1.75. The summed E-state index contributed by atoms with van der Waals surface area (Å²) in [5.41, 5.74) is 0. The van der Waals surface area contributed by atoms with Gasteiger partial charge in [0.05, 0.1) is 0 Å². The van der Waals surface area contributed by atoms with Crippen LogP contribution in [-0.4, -0.2) is 10.2 Å². The van der Waals surface area contributed by atoms with E-state index in [9.17, 15) is 0 Å². The molecule has 2 aromatic carbocycles. The smallest absolute Gasteiger partial charge is 0.115 e. The minimum atomic E-state index is 0. The normalized spacial score (nSPS) is 6.72. The Labute approximate surface area is 158 Å². The van der Waals surface area contributed by atoms with Crippen LogP contribution in [0.2, 0.25) is 0 Å². The summed E-state index contributed by atoms with van der Waals surface area (Å²) in [5, 5.41) is 17.3. The van der Waals surface area contributed by atoms with E-state index in [0.717, 1.165) is 0 Å². The van der Waals surface area contributed by atoms with Gasteiger partial charge in [0.1, 0.15) is 11.5 Å². The SMILES string of the molecule is C.CC.CC.CCC.CCC.Oc1ccccc1.Oc1ccccc1. The molecule has 0 aliphatic heterocycles. The van der Waals surface area contributed by atoms with Gasteiger partial charge in [0, 0.05) is 0 Å². The predicted molar refractivity (Wildman–Crippen MR) is 118 cm³/mol. The van der Waals surface area contributed by atoms with Gasteiger partial charge in [-0.05, 0) is 24.3 Å². The molecule has 2 rings (SSSR count). The maximum atomic E-state index is 8.63. The molecule has 0 heterocycles. The Morgan fingerprint density at radius 2 is 0.680 bits per heavy atom. The van der Waals surface area contributed by atoms with Gasteiger partial charge in [-0.3, -0.25) is 0 Å². The zero-order chi connectivity index (χ0) is 19.6. The molecular weight excluding hydrogens is 308 g/mol. The molecule has 0 spiro atoms. The van der Waals surface area contributed by atoms with Crippen molar-refractivity contribution >= 4 is 0 Å². The van der Waals surface area contributed by atoms with Crippen molar-refractivity contribution in [2.45, 2.75) is 75.7 Å². The molecule has 0 unspecified atom stereocenters. The first-order valence-electron chi connectivity index (χ1n) is 9.10. The van der Waals surface area contributed by atoms with E-state index in [1.165, 1.54) is 12.8 Å². The lowest BCUT2D eigenvalue weighted by Gasteiger charge is -1.82. The van der Waals surface area contributed by atoms with Gasteiger partial charge in [0.15, 0.2) is 0 Å². The summed E-state index contributed by atoms with van der Waals surface area (Å²) in [7, 11) is 0. The maximum absolute atomic E-state index is 8.63. The van der Waals surface area contributed by atoms with E-state index in [1.54, 1.807) is 48.5 Å². The number of aromatic hydroxyl groups is 2. The van der Waals surface area contributed by atoms with Crippen LogP contribution < -0.4 is 0 Å². The Morgan fingerprint density at radius 3 is 0.760 bits per heavy atom. The van der Waals surface area contributed by atoms with Crippen molar-refractivity contribution in [1.82, 2.24) is 0 Å². The monoisotopic (exact) mass is 352 g/mol. The first kappa shape index (κ1) is 34.4. The maximum Gasteiger partial charge on any atom is 0.115 e. The van der Waals surface area contributed by atoms with E-state index < -0.39 is 0 Å². The largest absolute Gasteiger partial charge is 0.508 e. The molecule has 148 valence electrons. The van der Waals surface area contributed by atoms with E-state index in [4.69, 9.17) is 10.2 Å². The van der Waals surface area contributed by atoms with Crippen LogP contribution in [0.5, 0.6) is 11.5 Å². The fourth-order valence-electron chi connectivity index (χ4n) is 0.856. The quantitative estimate of drug-likeness (QED) is 0.500. The average Bonchev–Trinajstić information content (AvgIpc) is 2.62. The van der Waals surface area contributed by atoms with Crippen molar-refractivity contribution in [2.75, 3.05) is 0 Å². The fraction of sp³-hybridized carbons (Fsp3) is 0.478. The van der Waals surface area contributed by atoms with Gasteiger partial charge in [0.2, 0.25) is 0 Å². The third-order valence-corrected chi connectivity index (χ3v) is 1.51. The van der Waals surface area contributed by atoms with Gasteiger partial charge in [-0.1, -0.05) is 112 Å². The summed E-state index contributed by atoms with van der Waals surface area (Å²) in [6.45, 7) is 16.5. The summed E-state index contributed by atoms with van der Waals surface area (Å²) in [6, 6.07) is 17.4. The minimum absolute atomic E-state index is 0. The molecule has 2 aromatic rings. The number of phenolic OH excluding ortho intramolecular Hbond substituents is 2. The number of phenols is 2. The Hall–Kier alpha value is -1.96. The molecule has 0 atom stereocenters. The molecule has 2 nitrogen and oxygen atoms in total. The Bertz CT molecular complexity index is 332. The molecule has 2 N–H and O–H groups in total. The molecule has 0 aliphatic rings. The van der Waals surface area contributed by atoms with Crippen molar-refractivity contribution in [3.63, 3.8) is 0 Å². The van der Waals surface area contributed by atoms with Crippen LogP contribution in [0.4, 0.5) is 0 Å². The van der Waals surface area contributed by atoms with Crippen LogP contribution in [0.3, 0.4) is 0 Å². The van der Waals surface area contributed by atoms with Gasteiger partial charge in [-0.25, -0.2) is 0 Å². The summed E-state index contributed by atoms with van der Waals surface area (Å²) in [5.74, 6) is 0.644. The fourth-order valence-corrected chi connectivity index (χ4v) is 0.856. The van der Waals surface area contributed by atoms with E-state index in [-0.39, 0.29) is 7.43 Å². The van der Waals surface area contributed by atoms with E-state index in [1.807, 2.05) is 39.8 Å². The number of para-hydroxylation sites is 2. The van der Waals surface area contributed by atoms with Crippen molar-refractivity contribution in [3.8, 4) is 11.5 Å². The van der Waals surface area contributed by atoms with Crippen LogP contribution in [-0.2, 0) is 0 Å². The van der Waals surface area contributed by atoms with Crippen LogP contribution in [0.15, 0.2) is 60.7 Å². The standard InChI is InChI=1S/2C6H6O.2C3H8.2C2H6.CH4/c2*7-6-4-2-1-3-5-6;2*1-3-2;2*1-2;/h2*1-5,7H;2*3H2,1-2H3;2*1-2H3;1H4. The predicted octanol–water partition coefficient (Wildman–Crippen LogP) is 8.31. The van der Waals surface area contributed by atoms with Crippen LogP contribution in [0, 0.1) is 0 Å². The number of rotatable bonds is 0. The van der Waals surface area contributed by atoms with Gasteiger partial charge < -0.3 is 10.2 Å². The average molecular weight is 353 g/mol.